The Balaban J connectivity index is 1.72. The molecule has 0 atom stereocenters. The van der Waals surface area contributed by atoms with Crippen molar-refractivity contribution in [2.75, 3.05) is 43.6 Å². The molecular weight excluding hydrogens is 414 g/mol. The maximum Gasteiger partial charge on any atom is 0.293 e. The maximum absolute atomic E-state index is 13.3. The number of benzene rings is 1. The minimum absolute atomic E-state index is 0.222. The van der Waals surface area contributed by atoms with Gasteiger partial charge in [0.05, 0.1) is 25.5 Å². The molecule has 3 N–H and O–H groups in total. The molecule has 166 valence electrons. The van der Waals surface area contributed by atoms with Crippen LogP contribution in [0, 0.1) is 0 Å². The van der Waals surface area contributed by atoms with Gasteiger partial charge in [-0.25, -0.2) is 20.4 Å². The van der Waals surface area contributed by atoms with Crippen molar-refractivity contribution in [2.45, 2.75) is 6.54 Å². The maximum atomic E-state index is 13.3. The number of nitrogens with zero attached hydrogens (tertiary/aromatic N) is 5. The van der Waals surface area contributed by atoms with Crippen LogP contribution in [0.15, 0.2) is 47.7 Å². The summed E-state index contributed by atoms with van der Waals surface area (Å²) in [6, 6.07) is 6.63. The molecule has 0 bridgehead atoms. The number of hydrogen-bond acceptors (Lipinski definition) is 9. The largest absolute Gasteiger partial charge is 0.378 e. The van der Waals surface area contributed by atoms with Gasteiger partial charge in [0.1, 0.15) is 0 Å². The van der Waals surface area contributed by atoms with Crippen LogP contribution < -0.4 is 21.3 Å². The zero-order valence-corrected chi connectivity index (χ0v) is 17.5. The average Bonchev–Trinajstić information content (AvgIpc) is 2.86. The van der Waals surface area contributed by atoms with E-state index in [0.29, 0.717) is 54.9 Å². The second-order valence-corrected chi connectivity index (χ2v) is 7.17. The Bertz CT molecular complexity index is 1140. The summed E-state index contributed by atoms with van der Waals surface area (Å²) in [4.78, 5) is 39.8. The quantitative estimate of drug-likeness (QED) is 0.377. The molecule has 3 heterocycles. The minimum atomic E-state index is -0.598. The van der Waals surface area contributed by atoms with Crippen molar-refractivity contribution in [3.63, 3.8) is 0 Å². The van der Waals surface area contributed by atoms with Gasteiger partial charge in [0.2, 0.25) is 5.95 Å². The average molecular weight is 437 g/mol. The molecule has 4 rings (SSSR count). The fourth-order valence-electron chi connectivity index (χ4n) is 3.38. The molecule has 1 amide bonds. The Morgan fingerprint density at radius 2 is 1.84 bits per heavy atom. The number of hydrogen-bond donors (Lipinski definition) is 3. The zero-order chi connectivity index (χ0) is 22.5. The van der Waals surface area contributed by atoms with E-state index < -0.39 is 5.91 Å². The highest BCUT2D eigenvalue weighted by Gasteiger charge is 2.19. The first-order valence-electron chi connectivity index (χ1n) is 10.1. The third-order valence-corrected chi connectivity index (χ3v) is 5.11. The lowest BCUT2D eigenvalue weighted by molar-refractivity contribution is 0.0706. The lowest BCUT2D eigenvalue weighted by atomic mass is 10.1. The van der Waals surface area contributed by atoms with Gasteiger partial charge in [0.15, 0.2) is 5.82 Å². The summed E-state index contributed by atoms with van der Waals surface area (Å²) in [6.07, 6.45) is 4.99. The van der Waals surface area contributed by atoms with Crippen molar-refractivity contribution >= 4 is 17.7 Å². The van der Waals surface area contributed by atoms with Crippen molar-refractivity contribution in [2.24, 2.45) is 0 Å². The van der Waals surface area contributed by atoms with Crippen LogP contribution in [0.5, 0.6) is 0 Å². The van der Waals surface area contributed by atoms with Gasteiger partial charge in [0.25, 0.3) is 11.5 Å². The summed E-state index contributed by atoms with van der Waals surface area (Å²) >= 11 is 0. The summed E-state index contributed by atoms with van der Waals surface area (Å²) in [5, 5.41) is 11.7. The highest BCUT2D eigenvalue weighted by molar-refractivity contribution is 5.93. The van der Waals surface area contributed by atoms with Gasteiger partial charge >= 0.3 is 0 Å². The van der Waals surface area contributed by atoms with Crippen LogP contribution in [0.25, 0.3) is 11.3 Å². The molecule has 1 saturated heterocycles. The first kappa shape index (κ1) is 21.4. The molecule has 32 heavy (non-hydrogen) atoms. The molecular formula is C21H23N7O4. The Hall–Kier alpha value is -3.83. The van der Waals surface area contributed by atoms with E-state index >= 15 is 0 Å². The third-order valence-electron chi connectivity index (χ3n) is 5.11. The van der Waals surface area contributed by atoms with E-state index in [1.165, 1.54) is 0 Å². The number of carbonyl (C=O) groups is 1. The molecule has 11 nitrogen and oxygen atoms in total. The van der Waals surface area contributed by atoms with Gasteiger partial charge < -0.3 is 19.5 Å². The zero-order valence-electron chi connectivity index (χ0n) is 17.5. The van der Waals surface area contributed by atoms with Crippen LogP contribution in [-0.4, -0.2) is 64.0 Å². The first-order valence-corrected chi connectivity index (χ1v) is 10.1. The summed E-state index contributed by atoms with van der Waals surface area (Å²) in [5.41, 5.74) is 3.77. The molecule has 1 aliphatic heterocycles. The number of hydroxylamine groups is 1. The van der Waals surface area contributed by atoms with Crippen LogP contribution in [-0.2, 0) is 11.3 Å². The lowest BCUT2D eigenvalue weighted by Crippen LogP contribution is -2.41. The van der Waals surface area contributed by atoms with Crippen LogP contribution in [0.2, 0.25) is 0 Å². The lowest BCUT2D eigenvalue weighted by Gasteiger charge is -2.28. The van der Waals surface area contributed by atoms with E-state index in [1.807, 2.05) is 4.90 Å². The molecule has 0 spiro atoms. The van der Waals surface area contributed by atoms with Crippen molar-refractivity contribution < 1.29 is 14.7 Å². The monoisotopic (exact) mass is 437 g/mol. The number of nitrogens with one attached hydrogen (secondary N) is 2. The number of carbonyl (C=O) groups excluding carboxylic acids is 1. The van der Waals surface area contributed by atoms with Gasteiger partial charge in [-0.05, 0) is 17.7 Å². The van der Waals surface area contributed by atoms with E-state index in [0.717, 1.165) is 5.56 Å². The Morgan fingerprint density at radius 3 is 2.47 bits per heavy atom. The van der Waals surface area contributed by atoms with Crippen molar-refractivity contribution in [1.29, 1.82) is 0 Å². The predicted molar refractivity (Wildman–Crippen MR) is 117 cm³/mol. The Morgan fingerprint density at radius 1 is 1.16 bits per heavy atom. The predicted octanol–water partition coefficient (Wildman–Crippen LogP) is 0.746. The van der Waals surface area contributed by atoms with E-state index in [1.54, 1.807) is 60.0 Å². The summed E-state index contributed by atoms with van der Waals surface area (Å²) in [5.74, 6) is 0.238. The second kappa shape index (κ2) is 9.54. The van der Waals surface area contributed by atoms with E-state index in [9.17, 15) is 9.59 Å². The molecule has 1 fully saturated rings. The number of morpholine rings is 1. The van der Waals surface area contributed by atoms with Crippen molar-refractivity contribution in [3.8, 4) is 11.3 Å². The fourth-order valence-corrected chi connectivity index (χ4v) is 3.38. The van der Waals surface area contributed by atoms with Crippen LogP contribution in [0.1, 0.15) is 15.9 Å². The van der Waals surface area contributed by atoms with Gasteiger partial charge in [0, 0.05) is 49.9 Å². The van der Waals surface area contributed by atoms with E-state index in [2.05, 4.69) is 20.3 Å². The number of amides is 1. The smallest absolute Gasteiger partial charge is 0.293 e. The topological polar surface area (TPSA) is 134 Å². The van der Waals surface area contributed by atoms with Crippen LogP contribution in [0.4, 0.5) is 11.8 Å². The summed E-state index contributed by atoms with van der Waals surface area (Å²) in [7, 11) is 1.74. The fraction of sp³-hybridized carbons (Fsp3) is 0.286. The van der Waals surface area contributed by atoms with Crippen LogP contribution in [0.3, 0.4) is 0 Å². The number of anilines is 2. The van der Waals surface area contributed by atoms with Gasteiger partial charge in [-0.1, -0.05) is 12.1 Å². The normalized spacial score (nSPS) is 13.6. The van der Waals surface area contributed by atoms with Gasteiger partial charge in [-0.15, -0.1) is 0 Å². The Kier molecular flexibility index (Phi) is 6.38. The third kappa shape index (κ3) is 4.58. The van der Waals surface area contributed by atoms with E-state index in [4.69, 9.17) is 9.94 Å². The molecule has 2 aromatic heterocycles. The standard InChI is InChI=1S/C21H23N7O4/c1-22-21-23-10-16(11-24-21)17-13-28(12-14-2-4-15(5-3-14)19(29)26-31)20(30)18(25-17)27-6-8-32-9-7-27/h2-5,10-11,13,31H,6-9,12H2,1H3,(H,26,29)(H,22,23,24). The Labute approximate surface area is 183 Å². The molecule has 1 aliphatic rings. The van der Waals surface area contributed by atoms with Gasteiger partial charge in [-0.2, -0.15) is 0 Å². The molecule has 0 radical (unpaired) electrons. The molecule has 0 unspecified atom stereocenters. The molecule has 0 aliphatic carbocycles. The SMILES string of the molecule is CNc1ncc(-c2cn(Cc3ccc(C(=O)NO)cc3)c(=O)c(N3CCOCC3)n2)cn1. The number of rotatable bonds is 6. The summed E-state index contributed by atoms with van der Waals surface area (Å²) < 4.78 is 6.99. The minimum Gasteiger partial charge on any atom is -0.378 e. The second-order valence-electron chi connectivity index (χ2n) is 7.17. The van der Waals surface area contributed by atoms with Crippen LogP contribution >= 0.6 is 0 Å². The van der Waals surface area contributed by atoms with Crippen molar-refractivity contribution in [3.05, 3.63) is 64.3 Å². The van der Waals surface area contributed by atoms with Crippen molar-refractivity contribution in [1.82, 2.24) is 25.0 Å². The summed E-state index contributed by atoms with van der Waals surface area (Å²) in [6.45, 7) is 2.49. The molecule has 1 aromatic carbocycles. The highest BCUT2D eigenvalue weighted by atomic mass is 16.5. The first-order chi connectivity index (χ1) is 15.6. The van der Waals surface area contributed by atoms with E-state index in [-0.39, 0.29) is 12.1 Å². The van der Waals surface area contributed by atoms with Gasteiger partial charge in [-0.3, -0.25) is 14.8 Å². The number of aromatic nitrogens is 4. The molecule has 3 aromatic rings. The molecule has 0 saturated carbocycles. The number of ether oxygens (including phenoxy) is 1. The highest BCUT2D eigenvalue weighted by Crippen LogP contribution is 2.19. The molecule has 11 heteroatoms.